The third-order valence-corrected chi connectivity index (χ3v) is 6.94. The van der Waals surface area contributed by atoms with E-state index in [1.54, 1.807) is 48.8 Å². The molecule has 0 atom stereocenters. The van der Waals surface area contributed by atoms with Gasteiger partial charge < -0.3 is 20.9 Å². The molecule has 0 aliphatic heterocycles. The van der Waals surface area contributed by atoms with Crippen LogP contribution < -0.4 is 15.8 Å². The van der Waals surface area contributed by atoms with Gasteiger partial charge in [-0.1, -0.05) is 18.2 Å². The van der Waals surface area contributed by atoms with Gasteiger partial charge in [-0.15, -0.1) is 0 Å². The average molecular weight is 564 g/mol. The molecule has 0 saturated heterocycles. The molecule has 0 fully saturated rings. The third-order valence-electron chi connectivity index (χ3n) is 6.94. The number of amidine groups is 1. The number of benzene rings is 3. The molecule has 1 amide bonds. The lowest BCUT2D eigenvalue weighted by Crippen LogP contribution is -2.24. The number of nitrogen functional groups attached to an aromatic ring is 1. The summed E-state index contributed by atoms with van der Waals surface area (Å²) in [6.45, 7) is 2.73. The van der Waals surface area contributed by atoms with Crippen molar-refractivity contribution >= 4 is 28.6 Å². The highest BCUT2D eigenvalue weighted by atomic mass is 16.5. The molecule has 11 heteroatoms. The van der Waals surface area contributed by atoms with Gasteiger partial charge in [0.05, 0.1) is 30.4 Å². The predicted octanol–water partition coefficient (Wildman–Crippen LogP) is 4.02. The van der Waals surface area contributed by atoms with Gasteiger partial charge in [0.2, 0.25) is 0 Å². The molecular formula is C31H29N7O4. The fraction of sp³-hybridized carbons (Fsp3) is 0.161. The van der Waals surface area contributed by atoms with Crippen molar-refractivity contribution in [2.75, 3.05) is 7.11 Å². The van der Waals surface area contributed by atoms with E-state index >= 15 is 0 Å². The Bertz CT molecular complexity index is 1820. The normalized spacial score (nSPS) is 10.9. The molecule has 0 spiro atoms. The molecule has 0 aliphatic carbocycles. The Morgan fingerprint density at radius 3 is 2.48 bits per heavy atom. The SMILES string of the molecule is CCn1nc(Cc2ccc(C(=O)NCc3ncccn3)cc2-c2ccc(OC)cc2C(=O)O)c2ccc(C(=N)N)cc21. The number of nitrogens with one attached hydrogen (secondary N) is 2. The maximum Gasteiger partial charge on any atom is 0.336 e. The summed E-state index contributed by atoms with van der Waals surface area (Å²) in [5.74, 6) is -0.625. The van der Waals surface area contributed by atoms with Gasteiger partial charge in [0, 0.05) is 41.9 Å². The third kappa shape index (κ3) is 5.66. The van der Waals surface area contributed by atoms with Gasteiger partial charge in [-0.25, -0.2) is 14.8 Å². The Hall–Kier alpha value is -5.58. The molecule has 42 heavy (non-hydrogen) atoms. The van der Waals surface area contributed by atoms with Crippen molar-refractivity contribution in [3.05, 3.63) is 107 Å². The van der Waals surface area contributed by atoms with Crippen LogP contribution in [0.3, 0.4) is 0 Å². The first-order valence-corrected chi connectivity index (χ1v) is 13.2. The molecule has 2 aromatic heterocycles. The highest BCUT2D eigenvalue weighted by Crippen LogP contribution is 2.33. The summed E-state index contributed by atoms with van der Waals surface area (Å²) in [7, 11) is 1.47. The first-order valence-electron chi connectivity index (χ1n) is 13.2. The van der Waals surface area contributed by atoms with Crippen molar-refractivity contribution in [1.29, 1.82) is 5.41 Å². The number of aromatic nitrogens is 4. The lowest BCUT2D eigenvalue weighted by molar-refractivity contribution is 0.0697. The number of hydrogen-bond acceptors (Lipinski definition) is 7. The highest BCUT2D eigenvalue weighted by Gasteiger charge is 2.20. The number of aryl methyl sites for hydroxylation is 1. The molecule has 2 heterocycles. The molecular weight excluding hydrogens is 534 g/mol. The van der Waals surface area contributed by atoms with E-state index in [2.05, 4.69) is 15.3 Å². The van der Waals surface area contributed by atoms with Crippen molar-refractivity contribution in [3.8, 4) is 16.9 Å². The summed E-state index contributed by atoms with van der Waals surface area (Å²) in [4.78, 5) is 33.7. The van der Waals surface area contributed by atoms with Gasteiger partial charge >= 0.3 is 5.97 Å². The van der Waals surface area contributed by atoms with Crippen molar-refractivity contribution in [2.45, 2.75) is 26.4 Å². The zero-order chi connectivity index (χ0) is 29.8. The quantitative estimate of drug-likeness (QED) is 0.146. The molecule has 11 nitrogen and oxygen atoms in total. The summed E-state index contributed by atoms with van der Waals surface area (Å²) in [5.41, 5.74) is 10.1. The van der Waals surface area contributed by atoms with E-state index in [-0.39, 0.29) is 23.9 Å². The lowest BCUT2D eigenvalue weighted by atomic mass is 9.90. The van der Waals surface area contributed by atoms with Crippen LogP contribution in [0.5, 0.6) is 5.75 Å². The molecule has 212 valence electrons. The van der Waals surface area contributed by atoms with Crippen LogP contribution in [0, 0.1) is 5.41 Å². The number of nitrogens with zero attached hydrogens (tertiary/aromatic N) is 4. The predicted molar refractivity (Wildman–Crippen MR) is 158 cm³/mol. The number of hydrogen-bond donors (Lipinski definition) is 4. The zero-order valence-electron chi connectivity index (χ0n) is 23.1. The number of carbonyl (C=O) groups excluding carboxylic acids is 1. The van der Waals surface area contributed by atoms with E-state index in [9.17, 15) is 14.7 Å². The van der Waals surface area contributed by atoms with Gasteiger partial charge in [-0.05, 0) is 66.1 Å². The molecule has 0 aliphatic rings. The van der Waals surface area contributed by atoms with Gasteiger partial charge in [0.25, 0.3) is 5.91 Å². The van der Waals surface area contributed by atoms with Gasteiger partial charge in [0.15, 0.2) is 0 Å². The smallest absolute Gasteiger partial charge is 0.336 e. The number of nitrogens with two attached hydrogens (primary N) is 1. The molecule has 0 bridgehead atoms. The Labute approximate surface area is 241 Å². The molecule has 3 aromatic carbocycles. The lowest BCUT2D eigenvalue weighted by Gasteiger charge is -2.15. The van der Waals surface area contributed by atoms with E-state index in [0.717, 1.165) is 22.2 Å². The fourth-order valence-electron chi connectivity index (χ4n) is 4.83. The monoisotopic (exact) mass is 563 g/mol. The molecule has 0 saturated carbocycles. The van der Waals surface area contributed by atoms with Crippen molar-refractivity contribution in [1.82, 2.24) is 25.1 Å². The number of methoxy groups -OCH3 is 1. The van der Waals surface area contributed by atoms with Crippen LogP contribution in [0.15, 0.2) is 73.1 Å². The van der Waals surface area contributed by atoms with Crippen LogP contribution in [-0.2, 0) is 19.5 Å². The van der Waals surface area contributed by atoms with Gasteiger partial charge in [0.1, 0.15) is 17.4 Å². The number of carbonyl (C=O) groups is 2. The highest BCUT2D eigenvalue weighted by molar-refractivity contribution is 6.01. The summed E-state index contributed by atoms with van der Waals surface area (Å²) >= 11 is 0. The molecule has 0 unspecified atom stereocenters. The Kier molecular flexibility index (Phi) is 7.91. The molecule has 0 radical (unpaired) electrons. The standard InChI is InChI=1S/C31H29N7O4/c1-3-38-27-15-19(29(32)33)7-9-23(27)26(37-38)14-18-5-6-20(30(39)36-17-28-34-11-4-12-35-28)13-24(18)22-10-8-21(42-2)16-25(22)31(40)41/h4-13,15-16H,3,14,17H2,1-2H3,(H3,32,33)(H,36,39)(H,40,41). The number of carboxylic acid groups (broad SMARTS) is 1. The number of aromatic carboxylic acids is 1. The summed E-state index contributed by atoms with van der Waals surface area (Å²) in [6, 6.07) is 17.3. The van der Waals surface area contributed by atoms with E-state index in [4.69, 9.17) is 21.0 Å². The number of amides is 1. The number of carboxylic acids is 1. The van der Waals surface area contributed by atoms with Crippen LogP contribution in [0.2, 0.25) is 0 Å². The van der Waals surface area contributed by atoms with Crippen molar-refractivity contribution in [3.63, 3.8) is 0 Å². The number of fused-ring (bicyclic) bond motifs is 1. The zero-order valence-corrected chi connectivity index (χ0v) is 23.1. The number of rotatable bonds is 10. The summed E-state index contributed by atoms with van der Waals surface area (Å²) in [6.07, 6.45) is 3.56. The first-order chi connectivity index (χ1) is 20.3. The van der Waals surface area contributed by atoms with Crippen LogP contribution in [-0.4, -0.2) is 49.7 Å². The second kappa shape index (κ2) is 11.9. The average Bonchev–Trinajstić information content (AvgIpc) is 3.36. The largest absolute Gasteiger partial charge is 0.497 e. The molecule has 5 rings (SSSR count). The Balaban J connectivity index is 1.60. The van der Waals surface area contributed by atoms with Gasteiger partial charge in [-0.3, -0.25) is 14.9 Å². The topological polar surface area (TPSA) is 169 Å². The molecule has 5 N–H and O–H groups in total. The minimum atomic E-state index is -1.12. The first kappa shape index (κ1) is 28.0. The summed E-state index contributed by atoms with van der Waals surface area (Å²) in [5, 5.41) is 26.4. The number of ether oxygens (including phenoxy) is 1. The van der Waals surface area contributed by atoms with Crippen molar-refractivity contribution < 1.29 is 19.4 Å². The fourth-order valence-corrected chi connectivity index (χ4v) is 4.83. The minimum absolute atomic E-state index is 0.0296. The maximum absolute atomic E-state index is 13.1. The Morgan fingerprint density at radius 1 is 1.02 bits per heavy atom. The van der Waals surface area contributed by atoms with Crippen LogP contribution >= 0.6 is 0 Å². The van der Waals surface area contributed by atoms with Crippen molar-refractivity contribution in [2.24, 2.45) is 5.73 Å². The van der Waals surface area contributed by atoms with E-state index in [1.807, 2.05) is 29.8 Å². The second-order valence-electron chi connectivity index (χ2n) is 9.52. The Morgan fingerprint density at radius 2 is 1.79 bits per heavy atom. The van der Waals surface area contributed by atoms with E-state index in [0.29, 0.717) is 46.8 Å². The maximum atomic E-state index is 13.1. The van der Waals surface area contributed by atoms with Gasteiger partial charge in [-0.2, -0.15) is 5.10 Å². The van der Waals surface area contributed by atoms with E-state index < -0.39 is 5.97 Å². The van der Waals surface area contributed by atoms with Crippen LogP contribution in [0.25, 0.3) is 22.0 Å². The van der Waals surface area contributed by atoms with E-state index in [1.165, 1.54) is 13.2 Å². The molecule has 5 aromatic rings. The second-order valence-corrected chi connectivity index (χ2v) is 9.52. The van der Waals surface area contributed by atoms with Crippen LogP contribution in [0.1, 0.15) is 50.3 Å². The summed E-state index contributed by atoms with van der Waals surface area (Å²) < 4.78 is 7.12. The minimum Gasteiger partial charge on any atom is -0.497 e. The van der Waals surface area contributed by atoms with Crippen LogP contribution in [0.4, 0.5) is 0 Å².